The highest BCUT2D eigenvalue weighted by molar-refractivity contribution is 5.80. The lowest BCUT2D eigenvalue weighted by Gasteiger charge is -2.25. The second-order valence-corrected chi connectivity index (χ2v) is 6.85. The van der Waals surface area contributed by atoms with E-state index in [2.05, 4.69) is 16.4 Å². The molecule has 0 saturated heterocycles. The van der Waals surface area contributed by atoms with Gasteiger partial charge >= 0.3 is 6.03 Å². The first-order valence-corrected chi connectivity index (χ1v) is 9.05. The molecular weight excluding hydrogens is 326 g/mol. The summed E-state index contributed by atoms with van der Waals surface area (Å²) in [5.74, 6) is 0. The SMILES string of the molecule is O=C(NCc1cc2ccccc2[nH]1)N(CC(O)c1ccccc1)C1CC1. The van der Waals surface area contributed by atoms with E-state index in [4.69, 9.17) is 0 Å². The molecule has 1 fully saturated rings. The quantitative estimate of drug-likeness (QED) is 0.637. The molecule has 1 heterocycles. The summed E-state index contributed by atoms with van der Waals surface area (Å²) in [7, 11) is 0. The van der Waals surface area contributed by atoms with E-state index in [1.165, 1.54) is 0 Å². The molecule has 1 aliphatic rings. The number of urea groups is 1. The van der Waals surface area contributed by atoms with Gasteiger partial charge in [0.2, 0.25) is 0 Å². The number of aliphatic hydroxyl groups is 1. The molecule has 2 aromatic carbocycles. The van der Waals surface area contributed by atoms with E-state index in [9.17, 15) is 9.90 Å². The van der Waals surface area contributed by atoms with Crippen molar-refractivity contribution in [2.75, 3.05) is 6.54 Å². The van der Waals surface area contributed by atoms with Crippen LogP contribution in [0.25, 0.3) is 10.9 Å². The molecule has 134 valence electrons. The minimum absolute atomic E-state index is 0.124. The van der Waals surface area contributed by atoms with Crippen LogP contribution in [0.4, 0.5) is 4.79 Å². The van der Waals surface area contributed by atoms with Crippen LogP contribution in [0, 0.1) is 0 Å². The monoisotopic (exact) mass is 349 g/mol. The number of H-pyrrole nitrogens is 1. The maximum atomic E-state index is 12.7. The van der Waals surface area contributed by atoms with Gasteiger partial charge in [0.05, 0.1) is 19.2 Å². The van der Waals surface area contributed by atoms with Crippen LogP contribution in [-0.2, 0) is 6.54 Å². The van der Waals surface area contributed by atoms with Crippen molar-refractivity contribution >= 4 is 16.9 Å². The van der Waals surface area contributed by atoms with Gasteiger partial charge in [0.25, 0.3) is 0 Å². The number of amides is 2. The van der Waals surface area contributed by atoms with Crippen LogP contribution in [0.2, 0.25) is 0 Å². The molecule has 0 spiro atoms. The lowest BCUT2D eigenvalue weighted by molar-refractivity contribution is 0.117. The van der Waals surface area contributed by atoms with Gasteiger partial charge in [-0.3, -0.25) is 0 Å². The van der Waals surface area contributed by atoms with Crippen LogP contribution in [-0.4, -0.2) is 33.6 Å². The number of hydrogen-bond donors (Lipinski definition) is 3. The molecule has 0 bridgehead atoms. The normalized spacial score (nSPS) is 15.0. The summed E-state index contributed by atoms with van der Waals surface area (Å²) in [6.45, 7) is 0.755. The summed E-state index contributed by atoms with van der Waals surface area (Å²) in [6.07, 6.45) is 1.33. The topological polar surface area (TPSA) is 68.4 Å². The van der Waals surface area contributed by atoms with Crippen molar-refractivity contribution in [1.29, 1.82) is 0 Å². The zero-order chi connectivity index (χ0) is 17.9. The van der Waals surface area contributed by atoms with Gasteiger partial charge in [0.1, 0.15) is 0 Å². The largest absolute Gasteiger partial charge is 0.387 e. The van der Waals surface area contributed by atoms with E-state index in [0.717, 1.165) is 35.0 Å². The van der Waals surface area contributed by atoms with Crippen LogP contribution < -0.4 is 5.32 Å². The Hall–Kier alpha value is -2.79. The molecular formula is C21H23N3O2. The fraction of sp³-hybridized carbons (Fsp3) is 0.286. The van der Waals surface area contributed by atoms with Crippen LogP contribution >= 0.6 is 0 Å². The molecule has 2 amide bonds. The Morgan fingerprint density at radius 3 is 2.62 bits per heavy atom. The highest BCUT2D eigenvalue weighted by atomic mass is 16.3. The number of carbonyl (C=O) groups excluding carboxylic acids is 1. The number of fused-ring (bicyclic) bond motifs is 1. The minimum atomic E-state index is -0.671. The predicted octanol–water partition coefficient (Wildman–Crippen LogP) is 3.58. The third-order valence-corrected chi connectivity index (χ3v) is 4.82. The molecule has 3 aromatic rings. The van der Waals surface area contributed by atoms with Crippen LogP contribution in [0.15, 0.2) is 60.7 Å². The van der Waals surface area contributed by atoms with Crippen molar-refractivity contribution in [3.8, 4) is 0 Å². The number of nitrogens with one attached hydrogen (secondary N) is 2. The zero-order valence-electron chi connectivity index (χ0n) is 14.6. The van der Waals surface area contributed by atoms with E-state index in [1.54, 1.807) is 4.90 Å². The summed E-state index contributed by atoms with van der Waals surface area (Å²) in [5, 5.41) is 14.6. The highest BCUT2D eigenvalue weighted by Gasteiger charge is 2.34. The Labute approximate surface area is 152 Å². The summed E-state index contributed by atoms with van der Waals surface area (Å²) < 4.78 is 0. The molecule has 1 aromatic heterocycles. The van der Waals surface area contributed by atoms with E-state index in [-0.39, 0.29) is 12.1 Å². The fourth-order valence-electron chi connectivity index (χ4n) is 3.25. The number of aromatic nitrogens is 1. The van der Waals surface area contributed by atoms with Crippen molar-refractivity contribution in [3.05, 3.63) is 71.9 Å². The molecule has 1 atom stereocenters. The van der Waals surface area contributed by atoms with Gasteiger partial charge in [-0.1, -0.05) is 48.5 Å². The summed E-state index contributed by atoms with van der Waals surface area (Å²) in [4.78, 5) is 17.8. The summed E-state index contributed by atoms with van der Waals surface area (Å²) >= 11 is 0. The average molecular weight is 349 g/mol. The molecule has 0 radical (unpaired) electrons. The number of aliphatic hydroxyl groups excluding tert-OH is 1. The van der Waals surface area contributed by atoms with Gasteiger partial charge in [-0.2, -0.15) is 0 Å². The summed E-state index contributed by atoms with van der Waals surface area (Å²) in [5.41, 5.74) is 2.87. The second-order valence-electron chi connectivity index (χ2n) is 6.85. The standard InChI is InChI=1S/C21H23N3O2/c25-20(15-6-2-1-3-7-15)14-24(18-10-11-18)21(26)22-13-17-12-16-8-4-5-9-19(16)23-17/h1-9,12,18,20,23,25H,10-11,13-14H2,(H,22,26). The smallest absolute Gasteiger partial charge is 0.318 e. The average Bonchev–Trinajstić information content (AvgIpc) is 3.43. The van der Waals surface area contributed by atoms with Crippen molar-refractivity contribution in [1.82, 2.24) is 15.2 Å². The number of aromatic amines is 1. The first-order chi connectivity index (χ1) is 12.7. The first kappa shape index (κ1) is 16.7. The Bertz CT molecular complexity index is 853. The van der Waals surface area contributed by atoms with Crippen LogP contribution in [0.5, 0.6) is 0 Å². The number of rotatable bonds is 6. The molecule has 1 unspecified atom stereocenters. The molecule has 4 rings (SSSR count). The van der Waals surface area contributed by atoms with Crippen molar-refractivity contribution in [2.45, 2.75) is 31.5 Å². The highest BCUT2D eigenvalue weighted by Crippen LogP contribution is 2.29. The lowest BCUT2D eigenvalue weighted by Crippen LogP contribution is -2.43. The Kier molecular flexibility index (Phi) is 4.63. The molecule has 5 nitrogen and oxygen atoms in total. The molecule has 5 heteroatoms. The molecule has 1 aliphatic carbocycles. The molecule has 26 heavy (non-hydrogen) atoms. The van der Waals surface area contributed by atoms with E-state index >= 15 is 0 Å². The fourth-order valence-corrected chi connectivity index (χ4v) is 3.25. The maximum Gasteiger partial charge on any atom is 0.318 e. The number of nitrogens with zero attached hydrogens (tertiary/aromatic N) is 1. The third-order valence-electron chi connectivity index (χ3n) is 4.82. The van der Waals surface area contributed by atoms with E-state index < -0.39 is 6.10 Å². The number of para-hydroxylation sites is 1. The Balaban J connectivity index is 1.39. The van der Waals surface area contributed by atoms with Crippen molar-refractivity contribution < 1.29 is 9.90 Å². The Morgan fingerprint density at radius 2 is 1.88 bits per heavy atom. The van der Waals surface area contributed by atoms with Crippen molar-refractivity contribution in [3.63, 3.8) is 0 Å². The molecule has 3 N–H and O–H groups in total. The molecule has 0 aliphatic heterocycles. The Morgan fingerprint density at radius 1 is 1.15 bits per heavy atom. The minimum Gasteiger partial charge on any atom is -0.387 e. The molecule has 1 saturated carbocycles. The van der Waals surface area contributed by atoms with Crippen LogP contribution in [0.1, 0.15) is 30.2 Å². The van der Waals surface area contributed by atoms with Gasteiger partial charge in [-0.15, -0.1) is 0 Å². The lowest BCUT2D eigenvalue weighted by atomic mass is 10.1. The first-order valence-electron chi connectivity index (χ1n) is 9.05. The number of hydrogen-bond acceptors (Lipinski definition) is 2. The number of carbonyl (C=O) groups is 1. The van der Waals surface area contributed by atoms with Crippen molar-refractivity contribution in [2.24, 2.45) is 0 Å². The van der Waals surface area contributed by atoms with E-state index in [0.29, 0.717) is 13.1 Å². The van der Waals surface area contributed by atoms with Gasteiger partial charge in [0.15, 0.2) is 0 Å². The predicted molar refractivity (Wildman–Crippen MR) is 102 cm³/mol. The van der Waals surface area contributed by atoms with Gasteiger partial charge in [0, 0.05) is 17.3 Å². The van der Waals surface area contributed by atoms with E-state index in [1.807, 2.05) is 54.6 Å². The zero-order valence-corrected chi connectivity index (χ0v) is 14.6. The van der Waals surface area contributed by atoms with Gasteiger partial charge < -0.3 is 20.3 Å². The maximum absolute atomic E-state index is 12.7. The van der Waals surface area contributed by atoms with Crippen LogP contribution in [0.3, 0.4) is 0 Å². The van der Waals surface area contributed by atoms with Gasteiger partial charge in [-0.25, -0.2) is 4.79 Å². The van der Waals surface area contributed by atoms with Gasteiger partial charge in [-0.05, 0) is 35.9 Å². The third kappa shape index (κ3) is 3.73. The number of benzene rings is 2. The second kappa shape index (κ2) is 7.22. The summed E-state index contributed by atoms with van der Waals surface area (Å²) in [6, 6.07) is 19.7.